The molecule has 0 saturated heterocycles. The van der Waals surface area contributed by atoms with Crippen LogP contribution in [0.2, 0.25) is 0 Å². The Labute approximate surface area is 75.6 Å². The van der Waals surface area contributed by atoms with E-state index in [1.165, 1.54) is 11.1 Å². The predicted octanol–water partition coefficient (Wildman–Crippen LogP) is 3.27. The van der Waals surface area contributed by atoms with Gasteiger partial charge in [-0.3, -0.25) is 0 Å². The quantitative estimate of drug-likeness (QED) is 0.623. The van der Waals surface area contributed by atoms with E-state index in [1.54, 1.807) is 0 Å². The van der Waals surface area contributed by atoms with Crippen molar-refractivity contribution < 1.29 is 0 Å². The molecule has 1 aromatic carbocycles. The first-order valence-electron chi connectivity index (χ1n) is 4.32. The fourth-order valence-corrected chi connectivity index (χ4v) is 1.35. The molecule has 0 spiro atoms. The molecule has 0 nitrogen and oxygen atoms in total. The highest BCUT2D eigenvalue weighted by Crippen LogP contribution is 2.20. The summed E-state index contributed by atoms with van der Waals surface area (Å²) in [7, 11) is 0. The Kier molecular flexibility index (Phi) is 2.56. The average Bonchev–Trinajstić information content (AvgIpc) is 1.82. The summed E-state index contributed by atoms with van der Waals surface area (Å²) >= 11 is 0. The highest BCUT2D eigenvalue weighted by Gasteiger charge is 2.10. The molecule has 0 N–H and O–H groups in total. The zero-order chi connectivity index (χ0) is 9.19. The van der Waals surface area contributed by atoms with E-state index in [0.29, 0.717) is 0 Å². The monoisotopic (exact) mass is 160 g/mol. The molecule has 0 saturated carbocycles. The van der Waals surface area contributed by atoms with E-state index < -0.39 is 0 Å². The topological polar surface area (TPSA) is 0 Å². The van der Waals surface area contributed by atoms with Gasteiger partial charge in [0.05, 0.1) is 0 Å². The van der Waals surface area contributed by atoms with Crippen molar-refractivity contribution in [3.05, 3.63) is 42.3 Å². The molecular weight excluding hydrogens is 144 g/mol. The Morgan fingerprint density at radius 2 is 2.00 bits per heavy atom. The van der Waals surface area contributed by atoms with E-state index >= 15 is 0 Å². The Hall–Kier alpha value is -0.780. The minimum Gasteiger partial charge on any atom is -0.0617 e. The molecule has 0 heteroatoms. The van der Waals surface area contributed by atoms with Crippen LogP contribution in [0, 0.1) is 19.3 Å². The summed E-state index contributed by atoms with van der Waals surface area (Å²) in [4.78, 5) is 0. The van der Waals surface area contributed by atoms with Gasteiger partial charge in [-0.15, -0.1) is 0 Å². The molecular formula is C12H16. The average molecular weight is 160 g/mol. The second-order valence-corrected chi connectivity index (χ2v) is 4.15. The molecule has 1 aromatic rings. The number of aryl methyl sites for hydroxylation is 1. The van der Waals surface area contributed by atoms with Gasteiger partial charge in [-0.05, 0) is 31.2 Å². The van der Waals surface area contributed by atoms with Crippen LogP contribution in [0.5, 0.6) is 0 Å². The first kappa shape index (κ1) is 9.31. The standard InChI is InChI=1S/C12H16/c1-10-6-5-7-11(8-10)9-12(2,3)4/h2,5-8H,9H2,1,3-4H3. The molecule has 0 unspecified atom stereocenters. The molecule has 0 heterocycles. The van der Waals surface area contributed by atoms with Crippen molar-refractivity contribution in [1.29, 1.82) is 0 Å². The second kappa shape index (κ2) is 3.30. The van der Waals surface area contributed by atoms with Crippen molar-refractivity contribution in [2.24, 2.45) is 5.41 Å². The number of rotatable bonds is 2. The number of benzene rings is 1. The number of hydrogen-bond acceptors (Lipinski definition) is 0. The van der Waals surface area contributed by atoms with Crippen LogP contribution in [0.1, 0.15) is 25.0 Å². The maximum atomic E-state index is 5.92. The maximum Gasteiger partial charge on any atom is -0.0224 e. The summed E-state index contributed by atoms with van der Waals surface area (Å²) < 4.78 is 0. The normalized spacial score (nSPS) is 11.7. The van der Waals surface area contributed by atoms with E-state index in [2.05, 4.69) is 45.0 Å². The number of hydrogen-bond donors (Lipinski definition) is 0. The van der Waals surface area contributed by atoms with Crippen LogP contribution in [-0.4, -0.2) is 0 Å². The molecule has 2 radical (unpaired) electrons. The molecule has 0 amide bonds. The van der Waals surface area contributed by atoms with Gasteiger partial charge in [0, 0.05) is 0 Å². The summed E-state index contributed by atoms with van der Waals surface area (Å²) in [6.07, 6.45) is 0.939. The zero-order valence-electron chi connectivity index (χ0n) is 8.09. The van der Waals surface area contributed by atoms with Gasteiger partial charge >= 0.3 is 0 Å². The smallest absolute Gasteiger partial charge is 0.0224 e. The lowest BCUT2D eigenvalue weighted by molar-refractivity contribution is 0.472. The lowest BCUT2D eigenvalue weighted by atomic mass is 9.88. The van der Waals surface area contributed by atoms with Crippen molar-refractivity contribution in [2.75, 3.05) is 0 Å². The third-order valence-electron chi connectivity index (χ3n) is 1.74. The lowest BCUT2D eigenvalue weighted by Crippen LogP contribution is -2.09. The van der Waals surface area contributed by atoms with Gasteiger partial charge in [0.2, 0.25) is 0 Å². The summed E-state index contributed by atoms with van der Waals surface area (Å²) in [5.41, 5.74) is 2.52. The highest BCUT2D eigenvalue weighted by atomic mass is 14.2. The van der Waals surface area contributed by atoms with Crippen molar-refractivity contribution in [1.82, 2.24) is 0 Å². The van der Waals surface area contributed by atoms with E-state index in [-0.39, 0.29) is 5.41 Å². The van der Waals surface area contributed by atoms with Crippen molar-refractivity contribution in [3.63, 3.8) is 0 Å². The van der Waals surface area contributed by atoms with E-state index in [1.807, 2.05) is 0 Å². The largest absolute Gasteiger partial charge is 0.0617 e. The summed E-state index contributed by atoms with van der Waals surface area (Å²) in [6.45, 7) is 12.1. The van der Waals surface area contributed by atoms with Crippen LogP contribution >= 0.6 is 0 Å². The van der Waals surface area contributed by atoms with Crippen LogP contribution in [-0.2, 0) is 6.42 Å². The molecule has 0 atom stereocenters. The fourth-order valence-electron chi connectivity index (χ4n) is 1.35. The summed E-state index contributed by atoms with van der Waals surface area (Å²) in [6, 6.07) is 8.50. The molecule has 1 rings (SSSR count). The second-order valence-electron chi connectivity index (χ2n) is 4.15. The van der Waals surface area contributed by atoms with Gasteiger partial charge in [-0.1, -0.05) is 43.7 Å². The van der Waals surface area contributed by atoms with Crippen LogP contribution < -0.4 is 0 Å². The predicted molar refractivity (Wildman–Crippen MR) is 53.0 cm³/mol. The van der Waals surface area contributed by atoms with Gasteiger partial charge in [-0.25, -0.2) is 0 Å². The fraction of sp³-hybridized carbons (Fsp3) is 0.417. The van der Waals surface area contributed by atoms with Gasteiger partial charge < -0.3 is 0 Å². The molecule has 64 valence electrons. The van der Waals surface area contributed by atoms with Crippen LogP contribution in [0.4, 0.5) is 0 Å². The van der Waals surface area contributed by atoms with Crippen LogP contribution in [0.25, 0.3) is 0 Å². The van der Waals surface area contributed by atoms with Gasteiger partial charge in [0.15, 0.2) is 0 Å². The van der Waals surface area contributed by atoms with Gasteiger partial charge in [0.1, 0.15) is 0 Å². The molecule has 0 aliphatic heterocycles. The van der Waals surface area contributed by atoms with E-state index in [4.69, 9.17) is 6.92 Å². The highest BCUT2D eigenvalue weighted by molar-refractivity contribution is 5.23. The third kappa shape index (κ3) is 3.08. The van der Waals surface area contributed by atoms with Crippen molar-refractivity contribution >= 4 is 0 Å². The zero-order valence-corrected chi connectivity index (χ0v) is 8.09. The van der Waals surface area contributed by atoms with Crippen LogP contribution in [0.3, 0.4) is 0 Å². The molecule has 0 bridgehead atoms. The Balaban J connectivity index is 2.77. The molecule has 12 heavy (non-hydrogen) atoms. The Morgan fingerprint density at radius 3 is 2.50 bits per heavy atom. The first-order valence-corrected chi connectivity index (χ1v) is 4.32. The molecule has 0 aliphatic carbocycles. The SMILES string of the molecule is [CH]C(C)(C)Cc1cccc(C)c1. The van der Waals surface area contributed by atoms with E-state index in [0.717, 1.165) is 6.42 Å². The van der Waals surface area contributed by atoms with Crippen molar-refractivity contribution in [2.45, 2.75) is 27.2 Å². The summed E-state index contributed by atoms with van der Waals surface area (Å²) in [5.74, 6) is 0. The molecule has 0 fully saturated rings. The van der Waals surface area contributed by atoms with E-state index in [9.17, 15) is 0 Å². The minimum atomic E-state index is -0.103. The van der Waals surface area contributed by atoms with Gasteiger partial charge in [0.25, 0.3) is 0 Å². The minimum absolute atomic E-state index is 0.103. The third-order valence-corrected chi connectivity index (χ3v) is 1.74. The lowest BCUT2D eigenvalue weighted by Gasteiger charge is -2.17. The first-order chi connectivity index (χ1) is 5.47. The Bertz CT molecular complexity index is 253. The molecule has 0 aromatic heterocycles. The Morgan fingerprint density at radius 1 is 1.33 bits per heavy atom. The summed E-state index contributed by atoms with van der Waals surface area (Å²) in [5, 5.41) is 0. The maximum absolute atomic E-state index is 5.92. The van der Waals surface area contributed by atoms with Crippen molar-refractivity contribution in [3.8, 4) is 0 Å². The molecule has 0 aliphatic rings. The van der Waals surface area contributed by atoms with Crippen LogP contribution in [0.15, 0.2) is 24.3 Å². The van der Waals surface area contributed by atoms with Gasteiger partial charge in [-0.2, -0.15) is 0 Å².